The zero-order valence-electron chi connectivity index (χ0n) is 21.6. The van der Waals surface area contributed by atoms with Crippen LogP contribution in [-0.2, 0) is 16.6 Å². The van der Waals surface area contributed by atoms with Crippen LogP contribution in [0.15, 0.2) is 89.6 Å². The Morgan fingerprint density at radius 1 is 1.24 bits per heavy atom. The van der Waals surface area contributed by atoms with Gasteiger partial charge in [0.2, 0.25) is 5.88 Å². The van der Waals surface area contributed by atoms with Crippen LogP contribution in [0.5, 0.6) is 5.88 Å². The van der Waals surface area contributed by atoms with Crippen LogP contribution in [0.4, 0.5) is 5.69 Å². The third-order valence-corrected chi connectivity index (χ3v) is 7.80. The summed E-state index contributed by atoms with van der Waals surface area (Å²) in [5.41, 5.74) is 3.25. The minimum atomic E-state index is -3.95. The lowest BCUT2D eigenvalue weighted by Crippen LogP contribution is -2.48. The first-order valence-electron chi connectivity index (χ1n) is 12.1. The summed E-state index contributed by atoms with van der Waals surface area (Å²) in [5.74, 6) is 0.528. The van der Waals surface area contributed by atoms with Crippen LogP contribution in [0.3, 0.4) is 0 Å². The Morgan fingerprint density at radius 2 is 2.00 bits per heavy atom. The van der Waals surface area contributed by atoms with Crippen molar-refractivity contribution in [3.05, 3.63) is 101 Å². The molecule has 10 heteroatoms. The molecule has 1 amide bonds. The number of rotatable bonds is 8. The SMILES string of the molecule is C=CN=C1C(=C)C=CC=C1S(=O)(=O)Nc1ccc(C(=O)N2CCN(Cc3cccnc3OC)CC2)cc1C. The van der Waals surface area contributed by atoms with Gasteiger partial charge in [0.05, 0.1) is 18.5 Å². The van der Waals surface area contributed by atoms with E-state index in [1.807, 2.05) is 17.0 Å². The molecule has 1 fully saturated rings. The number of hydrogen-bond donors (Lipinski definition) is 1. The highest BCUT2D eigenvalue weighted by Crippen LogP contribution is 2.25. The highest BCUT2D eigenvalue weighted by atomic mass is 32.2. The van der Waals surface area contributed by atoms with Gasteiger partial charge in [0.1, 0.15) is 4.91 Å². The van der Waals surface area contributed by atoms with Gasteiger partial charge in [-0.1, -0.05) is 31.4 Å². The number of carbonyl (C=O) groups excluding carboxylic acids is 1. The lowest BCUT2D eigenvalue weighted by molar-refractivity contribution is 0.0627. The van der Waals surface area contributed by atoms with Gasteiger partial charge in [-0.05, 0) is 48.4 Å². The number of piperazine rings is 1. The molecule has 9 nitrogen and oxygen atoms in total. The molecule has 0 unspecified atom stereocenters. The number of aliphatic imine (C=N–C) groups is 1. The maximum atomic E-state index is 13.2. The van der Waals surface area contributed by atoms with Crippen molar-refractivity contribution in [2.24, 2.45) is 4.99 Å². The van der Waals surface area contributed by atoms with E-state index in [1.165, 1.54) is 12.3 Å². The highest BCUT2D eigenvalue weighted by Gasteiger charge is 2.27. The molecule has 4 rings (SSSR count). The van der Waals surface area contributed by atoms with Crippen molar-refractivity contribution in [3.8, 4) is 5.88 Å². The van der Waals surface area contributed by atoms with Gasteiger partial charge in [0.15, 0.2) is 0 Å². The number of hydrogen-bond acceptors (Lipinski definition) is 7. The van der Waals surface area contributed by atoms with Gasteiger partial charge < -0.3 is 9.64 Å². The van der Waals surface area contributed by atoms with E-state index in [0.717, 1.165) is 18.7 Å². The van der Waals surface area contributed by atoms with Gasteiger partial charge in [-0.15, -0.1) is 0 Å². The zero-order valence-corrected chi connectivity index (χ0v) is 22.4. The third kappa shape index (κ3) is 5.92. The Bertz CT molecular complexity index is 1450. The molecule has 0 spiro atoms. The Balaban J connectivity index is 1.41. The van der Waals surface area contributed by atoms with Crippen molar-refractivity contribution in [1.29, 1.82) is 0 Å². The molecule has 2 aliphatic rings. The number of aromatic nitrogens is 1. The molecule has 0 radical (unpaired) electrons. The molecule has 198 valence electrons. The van der Waals surface area contributed by atoms with Crippen molar-refractivity contribution < 1.29 is 17.9 Å². The number of benzene rings is 1. The number of ether oxygens (including phenoxy) is 1. The van der Waals surface area contributed by atoms with Crippen molar-refractivity contribution in [2.45, 2.75) is 13.5 Å². The number of carbonyl (C=O) groups is 1. The number of aryl methyl sites for hydroxylation is 1. The van der Waals surface area contributed by atoms with Gasteiger partial charge in [-0.25, -0.2) is 13.4 Å². The van der Waals surface area contributed by atoms with Crippen LogP contribution in [0.25, 0.3) is 0 Å². The number of amides is 1. The third-order valence-electron chi connectivity index (χ3n) is 6.41. The maximum Gasteiger partial charge on any atom is 0.264 e. The Labute approximate surface area is 223 Å². The maximum absolute atomic E-state index is 13.2. The van der Waals surface area contributed by atoms with Crippen LogP contribution >= 0.6 is 0 Å². The number of sulfonamides is 1. The van der Waals surface area contributed by atoms with E-state index in [0.29, 0.717) is 47.9 Å². The zero-order chi connectivity index (χ0) is 27.3. The van der Waals surface area contributed by atoms with Gasteiger partial charge in [-0.2, -0.15) is 0 Å². The summed E-state index contributed by atoms with van der Waals surface area (Å²) in [4.78, 5) is 25.6. The second-order valence-electron chi connectivity index (χ2n) is 8.95. The van der Waals surface area contributed by atoms with Crippen molar-refractivity contribution in [1.82, 2.24) is 14.8 Å². The molecule has 1 aromatic carbocycles. The predicted molar refractivity (Wildman–Crippen MR) is 150 cm³/mol. The lowest BCUT2D eigenvalue weighted by atomic mass is 10.1. The average Bonchev–Trinajstić information content (AvgIpc) is 2.91. The molecule has 0 atom stereocenters. The van der Waals surface area contributed by atoms with Gasteiger partial charge in [0.25, 0.3) is 15.9 Å². The van der Waals surface area contributed by atoms with Crippen LogP contribution in [0, 0.1) is 6.92 Å². The molecular weight excluding hydrogens is 502 g/mol. The van der Waals surface area contributed by atoms with Gasteiger partial charge in [0, 0.05) is 56.2 Å². The molecule has 0 saturated carbocycles. The summed E-state index contributed by atoms with van der Waals surface area (Å²) in [5, 5.41) is 0. The van der Waals surface area contributed by atoms with E-state index >= 15 is 0 Å². The van der Waals surface area contributed by atoms with E-state index in [4.69, 9.17) is 4.74 Å². The van der Waals surface area contributed by atoms with Crippen LogP contribution in [0.2, 0.25) is 0 Å². The Morgan fingerprint density at radius 3 is 2.68 bits per heavy atom. The fourth-order valence-corrected chi connectivity index (χ4v) is 5.72. The first kappa shape index (κ1) is 27.0. The average molecular weight is 534 g/mol. The van der Waals surface area contributed by atoms with Crippen LogP contribution in [0.1, 0.15) is 21.5 Å². The van der Waals surface area contributed by atoms with E-state index in [2.05, 4.69) is 32.8 Å². The topological polar surface area (TPSA) is 104 Å². The minimum absolute atomic E-state index is 0.00577. The molecule has 1 aromatic heterocycles. The number of allylic oxidation sites excluding steroid dienone is 5. The molecule has 2 heterocycles. The molecule has 0 bridgehead atoms. The Kier molecular flexibility index (Phi) is 8.23. The molecule has 1 saturated heterocycles. The summed E-state index contributed by atoms with van der Waals surface area (Å²) >= 11 is 0. The smallest absolute Gasteiger partial charge is 0.264 e. The molecule has 1 N–H and O–H groups in total. The molecule has 1 aliphatic carbocycles. The second-order valence-corrected chi connectivity index (χ2v) is 10.6. The van der Waals surface area contributed by atoms with Gasteiger partial charge in [-0.3, -0.25) is 19.4 Å². The number of methoxy groups -OCH3 is 1. The standard InChI is InChI=1S/C28H31N5O4S/c1-5-29-26-20(2)8-6-10-25(26)38(35,36)31-24-12-11-22(18-21(24)3)28(34)33-16-14-32(15-17-33)19-23-9-7-13-30-27(23)37-4/h5-13,18,31H,1-2,14-17,19H2,3-4H3. The number of nitrogens with one attached hydrogen (secondary N) is 1. The molecule has 2 aromatic rings. The summed E-state index contributed by atoms with van der Waals surface area (Å²) in [7, 11) is -2.34. The summed E-state index contributed by atoms with van der Waals surface area (Å²) in [6, 6.07) is 8.85. The van der Waals surface area contributed by atoms with Crippen molar-refractivity contribution in [3.63, 3.8) is 0 Å². The first-order valence-corrected chi connectivity index (χ1v) is 13.6. The fourth-order valence-electron chi connectivity index (χ4n) is 4.39. The fraction of sp³-hybridized carbons (Fsp3) is 0.250. The molecular formula is C28H31N5O4S. The first-order chi connectivity index (χ1) is 18.2. The number of anilines is 1. The normalized spacial score (nSPS) is 17.3. The van der Waals surface area contributed by atoms with Crippen LogP contribution in [-0.4, -0.2) is 68.1 Å². The lowest BCUT2D eigenvalue weighted by Gasteiger charge is -2.35. The van der Waals surface area contributed by atoms with E-state index < -0.39 is 10.0 Å². The largest absolute Gasteiger partial charge is 0.481 e. The summed E-state index contributed by atoms with van der Waals surface area (Å²) in [6.07, 6.45) is 7.75. The Hall–Kier alpha value is -4.02. The summed E-state index contributed by atoms with van der Waals surface area (Å²) in [6.45, 7) is 12.5. The van der Waals surface area contributed by atoms with Crippen molar-refractivity contribution >= 4 is 27.3 Å². The van der Waals surface area contributed by atoms with E-state index in [9.17, 15) is 13.2 Å². The molecule has 1 aliphatic heterocycles. The van der Waals surface area contributed by atoms with E-state index in [-0.39, 0.29) is 16.5 Å². The summed E-state index contributed by atoms with van der Waals surface area (Å²) < 4.78 is 34.3. The molecule has 38 heavy (non-hydrogen) atoms. The van der Waals surface area contributed by atoms with Crippen molar-refractivity contribution in [2.75, 3.05) is 38.0 Å². The second kappa shape index (κ2) is 11.6. The quantitative estimate of drug-likeness (QED) is 0.555. The number of pyridine rings is 1. The monoisotopic (exact) mass is 533 g/mol. The number of nitrogens with zero attached hydrogens (tertiary/aromatic N) is 4. The minimum Gasteiger partial charge on any atom is -0.481 e. The predicted octanol–water partition coefficient (Wildman–Crippen LogP) is 3.69. The van der Waals surface area contributed by atoms with E-state index in [1.54, 1.807) is 50.6 Å². The van der Waals surface area contributed by atoms with Gasteiger partial charge >= 0.3 is 0 Å². The highest BCUT2D eigenvalue weighted by molar-refractivity contribution is 7.97. The van der Waals surface area contributed by atoms with Crippen LogP contribution < -0.4 is 9.46 Å².